The van der Waals surface area contributed by atoms with Gasteiger partial charge in [-0.2, -0.15) is 0 Å². The summed E-state index contributed by atoms with van der Waals surface area (Å²) < 4.78 is 9.92. The zero-order valence-corrected chi connectivity index (χ0v) is 7.50. The van der Waals surface area contributed by atoms with E-state index in [9.17, 15) is 4.79 Å². The van der Waals surface area contributed by atoms with Crippen LogP contribution in [0.3, 0.4) is 0 Å². The molecule has 0 amide bonds. The fraction of sp³-hybridized carbons (Fsp3) is 0.875. The molecule has 1 heterocycles. The molecule has 2 N–H and O–H groups in total. The molecule has 12 heavy (non-hydrogen) atoms. The highest BCUT2D eigenvalue weighted by atomic mass is 16.6. The number of esters is 1. The van der Waals surface area contributed by atoms with E-state index in [4.69, 9.17) is 15.2 Å². The van der Waals surface area contributed by atoms with Crippen LogP contribution in [0.2, 0.25) is 0 Å². The molecule has 1 aliphatic heterocycles. The summed E-state index contributed by atoms with van der Waals surface area (Å²) >= 11 is 0. The van der Waals surface area contributed by atoms with Crippen LogP contribution in [-0.4, -0.2) is 30.8 Å². The van der Waals surface area contributed by atoms with Crippen molar-refractivity contribution in [2.45, 2.75) is 31.9 Å². The Morgan fingerprint density at radius 3 is 2.67 bits per heavy atom. The smallest absolute Gasteiger partial charge is 0.326 e. The molecule has 0 bridgehead atoms. The van der Waals surface area contributed by atoms with Gasteiger partial charge in [0.25, 0.3) is 0 Å². The Bertz CT molecular complexity index is 175. The molecule has 1 unspecified atom stereocenters. The van der Waals surface area contributed by atoms with Crippen LogP contribution in [0.5, 0.6) is 0 Å². The van der Waals surface area contributed by atoms with Crippen LogP contribution in [0, 0.1) is 0 Å². The summed E-state index contributed by atoms with van der Waals surface area (Å²) in [6.07, 6.45) is 0.506. The first kappa shape index (κ1) is 9.48. The van der Waals surface area contributed by atoms with Crippen molar-refractivity contribution in [2.75, 3.05) is 13.2 Å². The van der Waals surface area contributed by atoms with Gasteiger partial charge in [-0.05, 0) is 13.3 Å². The third-order valence-corrected chi connectivity index (χ3v) is 2.08. The molecular weight excluding hydrogens is 158 g/mol. The molecule has 1 aliphatic rings. The van der Waals surface area contributed by atoms with Crippen molar-refractivity contribution >= 4 is 5.97 Å². The van der Waals surface area contributed by atoms with E-state index in [0.717, 1.165) is 0 Å². The van der Waals surface area contributed by atoms with Crippen LogP contribution in [-0.2, 0) is 14.3 Å². The van der Waals surface area contributed by atoms with Crippen LogP contribution < -0.4 is 5.73 Å². The predicted molar refractivity (Wildman–Crippen MR) is 43.6 cm³/mol. The van der Waals surface area contributed by atoms with Crippen molar-refractivity contribution in [3.8, 4) is 0 Å². The lowest BCUT2D eigenvalue weighted by Crippen LogP contribution is -2.49. The molecular formula is C8H15NO3. The van der Waals surface area contributed by atoms with E-state index < -0.39 is 5.54 Å². The standard InChI is InChI=1S/C8H15NO3/c1-3-8(2,9)7(10)12-6-4-11-5-6/h6H,3-5,9H2,1-2H3. The predicted octanol–water partition coefficient (Wildman–Crippen LogP) is 0.0558. The van der Waals surface area contributed by atoms with E-state index in [0.29, 0.717) is 19.6 Å². The Kier molecular flexibility index (Phi) is 2.69. The largest absolute Gasteiger partial charge is 0.456 e. The average molecular weight is 173 g/mol. The Morgan fingerprint density at radius 2 is 2.33 bits per heavy atom. The zero-order valence-electron chi connectivity index (χ0n) is 7.50. The Balaban J connectivity index is 2.35. The van der Waals surface area contributed by atoms with Crippen molar-refractivity contribution in [3.63, 3.8) is 0 Å². The molecule has 0 aromatic carbocycles. The molecule has 0 saturated carbocycles. The summed E-state index contributed by atoms with van der Waals surface area (Å²) in [6, 6.07) is 0. The first-order valence-electron chi connectivity index (χ1n) is 4.14. The maximum absolute atomic E-state index is 11.3. The van der Waals surface area contributed by atoms with Gasteiger partial charge in [0.1, 0.15) is 11.6 Å². The van der Waals surface area contributed by atoms with Crippen molar-refractivity contribution in [1.82, 2.24) is 0 Å². The van der Waals surface area contributed by atoms with Crippen LogP contribution in [0.15, 0.2) is 0 Å². The highest BCUT2D eigenvalue weighted by Crippen LogP contribution is 2.12. The lowest BCUT2D eigenvalue weighted by Gasteiger charge is -2.29. The number of hydrogen-bond donors (Lipinski definition) is 1. The van der Waals surface area contributed by atoms with Crippen LogP contribution in [0.25, 0.3) is 0 Å². The molecule has 4 nitrogen and oxygen atoms in total. The lowest BCUT2D eigenvalue weighted by molar-refractivity contribution is -0.177. The third kappa shape index (κ3) is 1.95. The molecule has 0 aromatic heterocycles. The van der Waals surface area contributed by atoms with Gasteiger partial charge in [-0.15, -0.1) is 0 Å². The van der Waals surface area contributed by atoms with Gasteiger partial charge in [0, 0.05) is 0 Å². The summed E-state index contributed by atoms with van der Waals surface area (Å²) in [6.45, 7) is 4.55. The minimum atomic E-state index is -0.852. The summed E-state index contributed by atoms with van der Waals surface area (Å²) in [5.41, 5.74) is 4.82. The minimum absolute atomic E-state index is 0.0769. The summed E-state index contributed by atoms with van der Waals surface area (Å²) in [7, 11) is 0. The molecule has 0 aliphatic carbocycles. The zero-order chi connectivity index (χ0) is 9.19. The van der Waals surface area contributed by atoms with Gasteiger partial charge >= 0.3 is 5.97 Å². The van der Waals surface area contributed by atoms with Crippen LogP contribution in [0.4, 0.5) is 0 Å². The quantitative estimate of drug-likeness (QED) is 0.613. The SMILES string of the molecule is CCC(C)(N)C(=O)OC1COC1. The number of carbonyl (C=O) groups excluding carboxylic acids is 1. The van der Waals surface area contributed by atoms with E-state index in [1.807, 2.05) is 6.92 Å². The van der Waals surface area contributed by atoms with Gasteiger partial charge in [-0.25, -0.2) is 0 Å². The second-order valence-corrected chi connectivity index (χ2v) is 3.34. The van der Waals surface area contributed by atoms with Crippen molar-refractivity contribution < 1.29 is 14.3 Å². The molecule has 0 spiro atoms. The second-order valence-electron chi connectivity index (χ2n) is 3.34. The van der Waals surface area contributed by atoms with E-state index in [1.165, 1.54) is 0 Å². The van der Waals surface area contributed by atoms with Gasteiger partial charge in [-0.3, -0.25) is 4.79 Å². The van der Waals surface area contributed by atoms with Crippen molar-refractivity contribution in [2.24, 2.45) is 5.73 Å². The highest BCUT2D eigenvalue weighted by Gasteiger charge is 2.32. The summed E-state index contributed by atoms with van der Waals surface area (Å²) in [5, 5.41) is 0. The first-order chi connectivity index (χ1) is 5.56. The van der Waals surface area contributed by atoms with Crippen LogP contribution >= 0.6 is 0 Å². The van der Waals surface area contributed by atoms with Gasteiger partial charge in [-0.1, -0.05) is 6.92 Å². The molecule has 1 saturated heterocycles. The highest BCUT2D eigenvalue weighted by molar-refractivity contribution is 5.80. The minimum Gasteiger partial charge on any atom is -0.456 e. The van der Waals surface area contributed by atoms with Crippen LogP contribution in [0.1, 0.15) is 20.3 Å². The number of carbonyl (C=O) groups is 1. The maximum Gasteiger partial charge on any atom is 0.326 e. The third-order valence-electron chi connectivity index (χ3n) is 2.08. The molecule has 1 rings (SSSR count). The number of nitrogens with two attached hydrogens (primary N) is 1. The Labute approximate surface area is 72.0 Å². The molecule has 1 fully saturated rings. The fourth-order valence-electron chi connectivity index (χ4n) is 0.712. The van der Waals surface area contributed by atoms with Gasteiger partial charge in [0.15, 0.2) is 0 Å². The van der Waals surface area contributed by atoms with Crippen molar-refractivity contribution in [1.29, 1.82) is 0 Å². The molecule has 1 atom stereocenters. The van der Waals surface area contributed by atoms with Gasteiger partial charge in [0.2, 0.25) is 0 Å². The first-order valence-corrected chi connectivity index (χ1v) is 4.14. The van der Waals surface area contributed by atoms with E-state index in [-0.39, 0.29) is 12.1 Å². The maximum atomic E-state index is 11.3. The number of hydrogen-bond acceptors (Lipinski definition) is 4. The molecule has 70 valence electrons. The molecule has 0 radical (unpaired) electrons. The molecule has 4 heteroatoms. The van der Waals surface area contributed by atoms with E-state index >= 15 is 0 Å². The second kappa shape index (κ2) is 3.41. The lowest BCUT2D eigenvalue weighted by atomic mass is 10.0. The van der Waals surface area contributed by atoms with Gasteiger partial charge < -0.3 is 15.2 Å². The number of rotatable bonds is 3. The fourth-order valence-corrected chi connectivity index (χ4v) is 0.712. The Hall–Kier alpha value is -0.610. The van der Waals surface area contributed by atoms with Gasteiger partial charge in [0.05, 0.1) is 13.2 Å². The summed E-state index contributed by atoms with van der Waals surface area (Å²) in [4.78, 5) is 11.3. The monoisotopic (exact) mass is 173 g/mol. The normalized spacial score (nSPS) is 22.6. The van der Waals surface area contributed by atoms with E-state index in [2.05, 4.69) is 0 Å². The number of ether oxygens (including phenoxy) is 2. The van der Waals surface area contributed by atoms with Crippen molar-refractivity contribution in [3.05, 3.63) is 0 Å². The summed E-state index contributed by atoms with van der Waals surface area (Å²) in [5.74, 6) is -0.335. The topological polar surface area (TPSA) is 61.6 Å². The molecule has 0 aromatic rings. The Morgan fingerprint density at radius 1 is 1.75 bits per heavy atom. The van der Waals surface area contributed by atoms with E-state index in [1.54, 1.807) is 6.92 Å². The average Bonchev–Trinajstić information content (AvgIpc) is 1.96.